The van der Waals surface area contributed by atoms with Gasteiger partial charge in [0.25, 0.3) is 5.91 Å². The summed E-state index contributed by atoms with van der Waals surface area (Å²) < 4.78 is 5.13. The van der Waals surface area contributed by atoms with Crippen molar-refractivity contribution in [3.63, 3.8) is 0 Å². The number of carbonyl (C=O) groups excluding carboxylic acids is 3. The van der Waals surface area contributed by atoms with Crippen molar-refractivity contribution in [1.82, 2.24) is 5.32 Å². The van der Waals surface area contributed by atoms with E-state index < -0.39 is 0 Å². The zero-order valence-corrected chi connectivity index (χ0v) is 13.1. The molecule has 1 amide bonds. The van der Waals surface area contributed by atoms with Crippen LogP contribution < -0.4 is 5.32 Å². The summed E-state index contributed by atoms with van der Waals surface area (Å²) in [5.74, 6) is -0.459. The van der Waals surface area contributed by atoms with Gasteiger partial charge in [-0.15, -0.1) is 0 Å². The number of esters is 1. The fourth-order valence-electron chi connectivity index (χ4n) is 3.38. The molecule has 0 spiro atoms. The van der Waals surface area contributed by atoms with Crippen LogP contribution in [-0.2, 0) is 19.1 Å². The smallest absolute Gasteiger partial charge is 0.309 e. The molecule has 2 bridgehead atoms. The van der Waals surface area contributed by atoms with Crippen molar-refractivity contribution in [2.45, 2.75) is 58.4 Å². The Balaban J connectivity index is 1.82. The molecule has 0 aromatic rings. The monoisotopic (exact) mass is 295 g/mol. The minimum Gasteiger partial charge on any atom is -0.455 e. The third-order valence-electron chi connectivity index (χ3n) is 4.24. The Hall–Kier alpha value is -1.39. The van der Waals surface area contributed by atoms with Crippen molar-refractivity contribution in [3.8, 4) is 0 Å². The van der Waals surface area contributed by atoms with Gasteiger partial charge in [0.05, 0.1) is 5.92 Å². The summed E-state index contributed by atoms with van der Waals surface area (Å²) in [6.45, 7) is 5.39. The van der Waals surface area contributed by atoms with Crippen LogP contribution in [0.3, 0.4) is 0 Å². The van der Waals surface area contributed by atoms with Crippen LogP contribution >= 0.6 is 0 Å². The lowest BCUT2D eigenvalue weighted by Gasteiger charge is -2.36. The summed E-state index contributed by atoms with van der Waals surface area (Å²) in [5, 5.41) is 2.75. The van der Waals surface area contributed by atoms with Gasteiger partial charge in [0.2, 0.25) is 0 Å². The predicted octanol–water partition coefficient (Wildman–Crippen LogP) is 1.84. The van der Waals surface area contributed by atoms with Gasteiger partial charge in [0, 0.05) is 17.4 Å². The third-order valence-corrected chi connectivity index (χ3v) is 4.24. The molecule has 2 fully saturated rings. The van der Waals surface area contributed by atoms with Gasteiger partial charge in [-0.05, 0) is 46.5 Å². The zero-order chi connectivity index (χ0) is 15.6. The Morgan fingerprint density at radius 2 is 1.76 bits per heavy atom. The van der Waals surface area contributed by atoms with Crippen molar-refractivity contribution in [1.29, 1.82) is 0 Å². The van der Waals surface area contributed by atoms with E-state index >= 15 is 0 Å². The van der Waals surface area contributed by atoms with Crippen LogP contribution in [0.2, 0.25) is 0 Å². The summed E-state index contributed by atoms with van der Waals surface area (Å²) in [6.07, 6.45) is 4.05. The normalized spacial score (nSPS) is 28.9. The molecule has 21 heavy (non-hydrogen) atoms. The first-order chi connectivity index (χ1) is 9.76. The molecule has 0 aromatic heterocycles. The highest BCUT2D eigenvalue weighted by Gasteiger charge is 2.41. The van der Waals surface area contributed by atoms with Gasteiger partial charge in [-0.2, -0.15) is 0 Å². The Kier molecular flexibility index (Phi) is 4.69. The fourth-order valence-corrected chi connectivity index (χ4v) is 3.38. The highest BCUT2D eigenvalue weighted by atomic mass is 16.5. The van der Waals surface area contributed by atoms with Crippen molar-refractivity contribution in [2.24, 2.45) is 17.8 Å². The summed E-state index contributed by atoms with van der Waals surface area (Å²) in [7, 11) is 0. The minimum absolute atomic E-state index is 0.0263. The number of amides is 1. The van der Waals surface area contributed by atoms with Crippen LogP contribution in [0.25, 0.3) is 0 Å². The van der Waals surface area contributed by atoms with Crippen LogP contribution in [0.15, 0.2) is 0 Å². The molecule has 1 N–H and O–H groups in total. The number of ether oxygens (including phenoxy) is 1. The molecule has 2 saturated carbocycles. The van der Waals surface area contributed by atoms with E-state index in [0.29, 0.717) is 18.6 Å². The summed E-state index contributed by atoms with van der Waals surface area (Å²) in [6, 6.07) is 0. The molecule has 3 atom stereocenters. The van der Waals surface area contributed by atoms with Crippen molar-refractivity contribution < 1.29 is 19.1 Å². The lowest BCUT2D eigenvalue weighted by Crippen LogP contribution is -2.44. The van der Waals surface area contributed by atoms with Gasteiger partial charge in [-0.25, -0.2) is 0 Å². The number of rotatable bonds is 3. The molecule has 0 saturated heterocycles. The van der Waals surface area contributed by atoms with Gasteiger partial charge >= 0.3 is 5.97 Å². The van der Waals surface area contributed by atoms with Crippen LogP contribution in [0, 0.1) is 17.8 Å². The minimum atomic E-state index is -0.336. The quantitative estimate of drug-likeness (QED) is 0.806. The van der Waals surface area contributed by atoms with E-state index in [-0.39, 0.29) is 41.8 Å². The average Bonchev–Trinajstić information content (AvgIpc) is 2.33. The first-order valence-corrected chi connectivity index (χ1v) is 7.77. The first-order valence-electron chi connectivity index (χ1n) is 7.77. The third kappa shape index (κ3) is 4.29. The van der Waals surface area contributed by atoms with Gasteiger partial charge < -0.3 is 10.1 Å². The van der Waals surface area contributed by atoms with E-state index in [1.54, 1.807) is 0 Å². The van der Waals surface area contributed by atoms with E-state index in [0.717, 1.165) is 19.3 Å². The summed E-state index contributed by atoms with van der Waals surface area (Å²) in [4.78, 5) is 35.7. The largest absolute Gasteiger partial charge is 0.455 e. The molecule has 0 heterocycles. The van der Waals surface area contributed by atoms with E-state index in [1.807, 2.05) is 20.8 Å². The number of nitrogens with one attached hydrogen (secondary N) is 1. The molecule has 0 radical (unpaired) electrons. The van der Waals surface area contributed by atoms with E-state index in [2.05, 4.69) is 5.32 Å². The Morgan fingerprint density at radius 3 is 2.29 bits per heavy atom. The molecule has 0 aliphatic heterocycles. The Bertz CT molecular complexity index is 422. The first kappa shape index (κ1) is 16.0. The molecule has 5 heteroatoms. The van der Waals surface area contributed by atoms with Crippen LogP contribution in [0.5, 0.6) is 0 Å². The number of Topliss-reactive ketones (excluding diaryl/α,β-unsaturated/α-hetero) is 1. The highest BCUT2D eigenvalue weighted by Crippen LogP contribution is 2.40. The van der Waals surface area contributed by atoms with Gasteiger partial charge in [-0.3, -0.25) is 14.4 Å². The summed E-state index contributed by atoms with van der Waals surface area (Å²) in [5.41, 5.74) is -0.336. The van der Waals surface area contributed by atoms with Gasteiger partial charge in [0.1, 0.15) is 5.78 Å². The maximum Gasteiger partial charge on any atom is 0.309 e. The lowest BCUT2D eigenvalue weighted by atomic mass is 9.67. The summed E-state index contributed by atoms with van der Waals surface area (Å²) >= 11 is 0. The maximum absolute atomic E-state index is 12.1. The SMILES string of the molecule is CC(C)(C)NC(=O)COC(=O)C1C[C@H]2CCC[C@@H](C1)C2=O. The molecule has 1 unspecified atom stereocenters. The van der Waals surface area contributed by atoms with Gasteiger partial charge in [-0.1, -0.05) is 6.42 Å². The van der Waals surface area contributed by atoms with Crippen LogP contribution in [0.4, 0.5) is 0 Å². The number of hydrogen-bond donors (Lipinski definition) is 1. The second-order valence-corrected chi connectivity index (χ2v) is 7.30. The molecule has 2 rings (SSSR count). The average molecular weight is 295 g/mol. The van der Waals surface area contributed by atoms with E-state index in [1.165, 1.54) is 0 Å². The molecule has 5 nitrogen and oxygen atoms in total. The van der Waals surface area contributed by atoms with Crippen molar-refractivity contribution in [2.75, 3.05) is 6.61 Å². The number of carbonyl (C=O) groups is 3. The van der Waals surface area contributed by atoms with Crippen LogP contribution in [0.1, 0.15) is 52.9 Å². The standard InChI is InChI=1S/C16H25NO4/c1-16(2,3)17-13(18)9-21-15(20)12-7-10-5-4-6-11(8-12)14(10)19/h10-12H,4-9H2,1-3H3,(H,17,18)/t10-,11+,12?. The van der Waals surface area contributed by atoms with E-state index in [9.17, 15) is 14.4 Å². The molecule has 2 aliphatic rings. The Morgan fingerprint density at radius 1 is 1.19 bits per heavy atom. The fraction of sp³-hybridized carbons (Fsp3) is 0.812. The maximum atomic E-state index is 12.1. The second-order valence-electron chi connectivity index (χ2n) is 7.30. The van der Waals surface area contributed by atoms with E-state index in [4.69, 9.17) is 4.74 Å². The molecule has 0 aromatic carbocycles. The molecular formula is C16H25NO4. The zero-order valence-electron chi connectivity index (χ0n) is 13.1. The molecular weight excluding hydrogens is 270 g/mol. The number of ketones is 1. The number of fused-ring (bicyclic) bond motifs is 2. The van der Waals surface area contributed by atoms with Gasteiger partial charge in [0.15, 0.2) is 6.61 Å². The predicted molar refractivity (Wildman–Crippen MR) is 77.4 cm³/mol. The Labute approximate surface area is 125 Å². The van der Waals surface area contributed by atoms with Crippen molar-refractivity contribution in [3.05, 3.63) is 0 Å². The van der Waals surface area contributed by atoms with Crippen LogP contribution in [-0.4, -0.2) is 29.8 Å². The number of hydrogen-bond acceptors (Lipinski definition) is 4. The molecule has 118 valence electrons. The topological polar surface area (TPSA) is 72.5 Å². The molecule has 2 aliphatic carbocycles. The van der Waals surface area contributed by atoms with Crippen molar-refractivity contribution >= 4 is 17.7 Å². The second kappa shape index (κ2) is 6.16. The lowest BCUT2D eigenvalue weighted by molar-refractivity contribution is -0.157. The highest BCUT2D eigenvalue weighted by molar-refractivity contribution is 5.88.